The number of piperidine rings is 1. The van der Waals surface area contributed by atoms with Crippen LogP contribution in [0.5, 0.6) is 0 Å². The van der Waals surface area contributed by atoms with Gasteiger partial charge in [-0.15, -0.1) is 0 Å². The molecule has 192 valence electrons. The molecule has 0 spiro atoms. The van der Waals surface area contributed by atoms with Crippen LogP contribution in [0, 0.1) is 17.7 Å². The molecular formula is C27H27ClFN5O3. The Kier molecular flexibility index (Phi) is 7.79. The quantitative estimate of drug-likeness (QED) is 0.471. The zero-order valence-electron chi connectivity index (χ0n) is 20.8. The summed E-state index contributed by atoms with van der Waals surface area (Å²) in [5.41, 5.74) is 0.458. The second-order valence-corrected chi connectivity index (χ2v) is 10.0. The summed E-state index contributed by atoms with van der Waals surface area (Å²) in [6, 6.07) is 10.2. The van der Waals surface area contributed by atoms with Gasteiger partial charge in [0.2, 0.25) is 0 Å². The van der Waals surface area contributed by atoms with E-state index in [0.29, 0.717) is 25.9 Å². The van der Waals surface area contributed by atoms with Crippen molar-refractivity contribution in [1.82, 2.24) is 19.7 Å². The molecular weight excluding hydrogens is 497 g/mol. The third-order valence-electron chi connectivity index (χ3n) is 5.63. The number of nitrogens with zero attached hydrogens (tertiary/aromatic N) is 4. The molecule has 1 aromatic carbocycles. The number of ether oxygens (including phenoxy) is 1. The Hall–Kier alpha value is -3.90. The maximum atomic E-state index is 14.6. The monoisotopic (exact) mass is 523 g/mol. The lowest BCUT2D eigenvalue weighted by molar-refractivity contribution is 0.0183. The van der Waals surface area contributed by atoms with Crippen LogP contribution >= 0.6 is 11.6 Å². The lowest BCUT2D eigenvalue weighted by Crippen LogP contribution is -2.42. The van der Waals surface area contributed by atoms with E-state index in [2.05, 4.69) is 27.2 Å². The number of hydrogen-bond donors (Lipinski definition) is 1. The van der Waals surface area contributed by atoms with E-state index in [0.717, 1.165) is 11.6 Å². The van der Waals surface area contributed by atoms with E-state index in [9.17, 15) is 14.0 Å². The van der Waals surface area contributed by atoms with Gasteiger partial charge >= 0.3 is 6.09 Å². The number of benzene rings is 1. The summed E-state index contributed by atoms with van der Waals surface area (Å²) in [5.74, 6) is 4.36. The molecule has 0 aliphatic carbocycles. The fraction of sp³-hybridized carbons (Fsp3) is 0.333. The number of aromatic nitrogens is 3. The summed E-state index contributed by atoms with van der Waals surface area (Å²) in [5, 5.41) is 7.11. The van der Waals surface area contributed by atoms with Crippen LogP contribution in [0.25, 0.3) is 0 Å². The van der Waals surface area contributed by atoms with Crippen LogP contribution in [0.3, 0.4) is 0 Å². The van der Waals surface area contributed by atoms with E-state index in [1.165, 1.54) is 12.4 Å². The van der Waals surface area contributed by atoms with E-state index in [-0.39, 0.29) is 34.2 Å². The van der Waals surface area contributed by atoms with Gasteiger partial charge < -0.3 is 15.0 Å². The van der Waals surface area contributed by atoms with Crippen molar-refractivity contribution in [3.63, 3.8) is 0 Å². The van der Waals surface area contributed by atoms with Gasteiger partial charge in [-0.3, -0.25) is 9.48 Å². The third kappa shape index (κ3) is 6.66. The lowest BCUT2D eigenvalue weighted by Gasteiger charge is -2.33. The van der Waals surface area contributed by atoms with Crippen molar-refractivity contribution in [1.29, 1.82) is 0 Å². The first-order valence-corrected chi connectivity index (χ1v) is 12.2. The maximum Gasteiger partial charge on any atom is 0.410 e. The van der Waals surface area contributed by atoms with Crippen molar-refractivity contribution in [3.05, 3.63) is 76.6 Å². The molecule has 0 radical (unpaired) electrons. The third-order valence-corrected chi connectivity index (χ3v) is 5.90. The van der Waals surface area contributed by atoms with Crippen molar-refractivity contribution in [2.24, 2.45) is 0 Å². The highest BCUT2D eigenvalue weighted by atomic mass is 35.5. The van der Waals surface area contributed by atoms with Crippen LogP contribution in [0.4, 0.5) is 14.9 Å². The van der Waals surface area contributed by atoms with Crippen molar-refractivity contribution in [2.45, 2.75) is 45.3 Å². The average molecular weight is 524 g/mol. The second-order valence-electron chi connectivity index (χ2n) is 9.61. The van der Waals surface area contributed by atoms with Gasteiger partial charge in [-0.05, 0) is 51.7 Å². The number of likely N-dealkylation sites (tertiary alicyclic amines) is 1. The largest absolute Gasteiger partial charge is 0.444 e. The highest BCUT2D eigenvalue weighted by Crippen LogP contribution is 2.28. The molecule has 0 atom stereocenters. The molecule has 1 N–H and O–H groups in total. The molecule has 1 fully saturated rings. The van der Waals surface area contributed by atoms with E-state index in [1.54, 1.807) is 9.58 Å². The minimum Gasteiger partial charge on any atom is -0.444 e. The van der Waals surface area contributed by atoms with Crippen LogP contribution in [0.2, 0.25) is 5.02 Å². The minimum atomic E-state index is -0.657. The molecule has 1 aliphatic heterocycles. The minimum absolute atomic E-state index is 0.0262. The molecule has 4 rings (SSSR count). The van der Waals surface area contributed by atoms with Crippen LogP contribution in [-0.2, 0) is 4.74 Å². The first-order valence-electron chi connectivity index (χ1n) is 11.9. The molecule has 3 heterocycles. The Morgan fingerprint density at radius 3 is 2.49 bits per heavy atom. The molecule has 3 aromatic rings. The number of nitrogens with one attached hydrogen (secondary N) is 1. The van der Waals surface area contributed by atoms with Gasteiger partial charge in [0.1, 0.15) is 17.0 Å². The fourth-order valence-electron chi connectivity index (χ4n) is 3.89. The Bertz CT molecular complexity index is 1350. The topological polar surface area (TPSA) is 89.4 Å². The predicted octanol–water partition coefficient (Wildman–Crippen LogP) is 5.29. The number of hydrogen-bond acceptors (Lipinski definition) is 5. The maximum absolute atomic E-state index is 14.6. The molecule has 1 aliphatic rings. The summed E-state index contributed by atoms with van der Waals surface area (Å²) in [4.78, 5) is 31.1. The van der Waals surface area contributed by atoms with Gasteiger partial charge in [0.25, 0.3) is 5.91 Å². The smallest absolute Gasteiger partial charge is 0.410 e. The molecule has 37 heavy (non-hydrogen) atoms. The van der Waals surface area contributed by atoms with Crippen LogP contribution in [0.15, 0.2) is 48.8 Å². The number of carbonyl (C=O) groups excluding carboxylic acids is 2. The summed E-state index contributed by atoms with van der Waals surface area (Å²) in [6.07, 6.45) is 3.51. The van der Waals surface area contributed by atoms with Gasteiger partial charge in [-0.1, -0.05) is 35.7 Å². The number of pyridine rings is 1. The molecule has 0 saturated carbocycles. The average Bonchev–Trinajstić information content (AvgIpc) is 3.24. The van der Waals surface area contributed by atoms with Crippen LogP contribution < -0.4 is 5.32 Å². The molecule has 1 saturated heterocycles. The van der Waals surface area contributed by atoms with Gasteiger partial charge in [0, 0.05) is 24.7 Å². The Morgan fingerprint density at radius 1 is 1.14 bits per heavy atom. The van der Waals surface area contributed by atoms with Gasteiger partial charge in [0.15, 0.2) is 5.82 Å². The number of rotatable bonds is 3. The zero-order chi connectivity index (χ0) is 26.6. The molecule has 2 amide bonds. The van der Waals surface area contributed by atoms with E-state index < -0.39 is 17.3 Å². The van der Waals surface area contributed by atoms with Crippen molar-refractivity contribution >= 4 is 29.3 Å². The van der Waals surface area contributed by atoms with Gasteiger partial charge in [-0.25, -0.2) is 14.2 Å². The Balaban J connectivity index is 1.43. The van der Waals surface area contributed by atoms with Gasteiger partial charge in [0.05, 0.1) is 29.1 Å². The number of anilines is 1. The van der Waals surface area contributed by atoms with Crippen LogP contribution in [0.1, 0.15) is 61.4 Å². The fourth-order valence-corrected chi connectivity index (χ4v) is 4.11. The summed E-state index contributed by atoms with van der Waals surface area (Å²) < 4.78 is 21.6. The molecule has 0 bridgehead atoms. The van der Waals surface area contributed by atoms with Crippen molar-refractivity contribution < 1.29 is 18.7 Å². The standard InChI is InChI=1S/C27H27ClFN5O3/c1-27(2,3)37-26(36)33-13-11-20(12-14-33)34-24(21(28)17-31-34)25(35)32-19-15-22(29)23(30-16-19)10-9-18-7-5-4-6-8-18/h4-8,15-17,20H,11-14H2,1-3H3,(H,32,35). The zero-order valence-corrected chi connectivity index (χ0v) is 21.6. The van der Waals surface area contributed by atoms with Gasteiger partial charge in [-0.2, -0.15) is 5.10 Å². The van der Waals surface area contributed by atoms with E-state index >= 15 is 0 Å². The molecule has 10 heteroatoms. The lowest BCUT2D eigenvalue weighted by atomic mass is 10.1. The molecule has 8 nitrogen and oxygen atoms in total. The van der Waals surface area contributed by atoms with Crippen molar-refractivity contribution in [3.8, 4) is 11.8 Å². The highest BCUT2D eigenvalue weighted by Gasteiger charge is 2.30. The number of amides is 2. The summed E-state index contributed by atoms with van der Waals surface area (Å²) in [7, 11) is 0. The predicted molar refractivity (Wildman–Crippen MR) is 138 cm³/mol. The molecule has 2 aromatic heterocycles. The number of carbonyl (C=O) groups is 2. The number of halogens is 2. The first-order chi connectivity index (χ1) is 17.6. The highest BCUT2D eigenvalue weighted by molar-refractivity contribution is 6.34. The van der Waals surface area contributed by atoms with Crippen molar-refractivity contribution in [2.75, 3.05) is 18.4 Å². The Morgan fingerprint density at radius 2 is 1.84 bits per heavy atom. The van der Waals surface area contributed by atoms with Crippen LogP contribution in [-0.4, -0.2) is 50.4 Å². The second kappa shape index (κ2) is 11.0. The SMILES string of the molecule is CC(C)(C)OC(=O)N1CCC(n2ncc(Cl)c2C(=O)Nc2cnc(C#Cc3ccccc3)c(F)c2)CC1. The first kappa shape index (κ1) is 26.2. The summed E-state index contributed by atoms with van der Waals surface area (Å²) in [6.45, 7) is 6.38. The summed E-state index contributed by atoms with van der Waals surface area (Å²) >= 11 is 6.30. The molecule has 0 unspecified atom stereocenters. The Labute approximate surface area is 219 Å². The normalized spacial score (nSPS) is 14.0. The van der Waals surface area contributed by atoms with E-state index in [1.807, 2.05) is 51.1 Å². The van der Waals surface area contributed by atoms with E-state index in [4.69, 9.17) is 16.3 Å².